The van der Waals surface area contributed by atoms with Gasteiger partial charge in [-0.05, 0) is 50.2 Å². The van der Waals surface area contributed by atoms with Crippen molar-refractivity contribution < 1.29 is 31.5 Å². The van der Waals surface area contributed by atoms with Crippen molar-refractivity contribution in [2.75, 3.05) is 11.3 Å². The van der Waals surface area contributed by atoms with E-state index in [2.05, 4.69) is 10.0 Å². The van der Waals surface area contributed by atoms with E-state index < -0.39 is 44.5 Å². The van der Waals surface area contributed by atoms with Crippen molar-refractivity contribution in [2.45, 2.75) is 24.8 Å². The molecule has 0 saturated carbocycles. The molecular weight excluding hydrogens is 394 g/mol. The molecule has 2 rings (SSSR count). The number of rotatable bonds is 7. The topological polar surface area (TPSA) is 102 Å². The fourth-order valence-electron chi connectivity index (χ4n) is 2.17. The molecule has 0 aliphatic heterocycles. The number of amides is 1. The van der Waals surface area contributed by atoms with E-state index in [1.165, 1.54) is 31.2 Å². The smallest absolute Gasteiger partial charge is 0.338 e. The monoisotopic (exact) mass is 412 g/mol. The van der Waals surface area contributed by atoms with Crippen molar-refractivity contribution in [1.82, 2.24) is 5.32 Å². The minimum Gasteiger partial charge on any atom is -0.449 e. The van der Waals surface area contributed by atoms with E-state index in [1.807, 2.05) is 0 Å². The number of likely N-dealkylation sites (N-methyl/N-ethyl adjacent to an activating group) is 1. The third kappa shape index (κ3) is 5.26. The third-order valence-electron chi connectivity index (χ3n) is 3.56. The van der Waals surface area contributed by atoms with Crippen molar-refractivity contribution in [2.24, 2.45) is 0 Å². The van der Waals surface area contributed by atoms with E-state index in [4.69, 9.17) is 4.74 Å². The molecule has 0 fully saturated rings. The zero-order valence-corrected chi connectivity index (χ0v) is 15.8. The summed E-state index contributed by atoms with van der Waals surface area (Å²) in [5.41, 5.74) is 0.00600. The molecule has 10 heteroatoms. The molecule has 2 N–H and O–H groups in total. The maximum Gasteiger partial charge on any atom is 0.338 e. The van der Waals surface area contributed by atoms with Crippen molar-refractivity contribution in [3.8, 4) is 0 Å². The van der Waals surface area contributed by atoms with Gasteiger partial charge in [-0.15, -0.1) is 0 Å². The van der Waals surface area contributed by atoms with Gasteiger partial charge < -0.3 is 10.1 Å². The summed E-state index contributed by atoms with van der Waals surface area (Å²) in [6, 6.07) is 7.49. The largest absolute Gasteiger partial charge is 0.449 e. The Morgan fingerprint density at radius 2 is 1.82 bits per heavy atom. The molecule has 0 aliphatic rings. The van der Waals surface area contributed by atoms with Crippen LogP contribution < -0.4 is 10.0 Å². The second kappa shape index (κ2) is 8.79. The predicted octanol–water partition coefficient (Wildman–Crippen LogP) is 2.45. The second-order valence-corrected chi connectivity index (χ2v) is 7.39. The highest BCUT2D eigenvalue weighted by Crippen LogP contribution is 2.19. The number of sulfonamides is 1. The van der Waals surface area contributed by atoms with Gasteiger partial charge in [0.1, 0.15) is 0 Å². The molecule has 28 heavy (non-hydrogen) atoms. The van der Waals surface area contributed by atoms with Crippen LogP contribution in [-0.2, 0) is 19.6 Å². The third-order valence-corrected chi connectivity index (χ3v) is 4.93. The van der Waals surface area contributed by atoms with Crippen LogP contribution in [0.2, 0.25) is 0 Å². The molecular formula is C18H18F2N2O5S. The molecule has 2 aromatic carbocycles. The molecule has 0 unspecified atom stereocenters. The molecule has 1 amide bonds. The summed E-state index contributed by atoms with van der Waals surface area (Å²) in [5, 5.41) is 2.51. The number of esters is 1. The molecule has 1 atom stereocenters. The Kier molecular flexibility index (Phi) is 6.68. The summed E-state index contributed by atoms with van der Waals surface area (Å²) in [4.78, 5) is 23.3. The van der Waals surface area contributed by atoms with Gasteiger partial charge in [-0.25, -0.2) is 22.0 Å². The highest BCUT2D eigenvalue weighted by Gasteiger charge is 2.20. The van der Waals surface area contributed by atoms with Gasteiger partial charge in [0.2, 0.25) is 0 Å². The molecule has 0 aromatic heterocycles. The maximum atomic E-state index is 13.3. The first-order chi connectivity index (χ1) is 13.1. The quantitative estimate of drug-likeness (QED) is 0.681. The lowest BCUT2D eigenvalue weighted by atomic mass is 10.2. The molecule has 7 nitrogen and oxygen atoms in total. The minimum absolute atomic E-state index is 0.00151. The van der Waals surface area contributed by atoms with E-state index in [0.717, 1.165) is 6.07 Å². The SMILES string of the molecule is CCNC(=O)[C@H](C)OC(=O)c1cccc(NS(=O)(=O)c2ccc(F)c(F)c2)c1. The van der Waals surface area contributed by atoms with E-state index in [-0.39, 0.29) is 11.3 Å². The summed E-state index contributed by atoms with van der Waals surface area (Å²) in [6.07, 6.45) is -1.03. The molecule has 150 valence electrons. The summed E-state index contributed by atoms with van der Waals surface area (Å²) >= 11 is 0. The average Bonchev–Trinajstić information content (AvgIpc) is 2.63. The predicted molar refractivity (Wildman–Crippen MR) is 97.2 cm³/mol. The standard InChI is InChI=1S/C18H18F2N2O5S/c1-3-21-17(23)11(2)27-18(24)12-5-4-6-13(9-12)22-28(25,26)14-7-8-15(19)16(20)10-14/h4-11,22H,3H2,1-2H3,(H,21,23)/t11-/m0/s1. The number of halogens is 2. The van der Waals surface area contributed by atoms with Gasteiger partial charge in [-0.2, -0.15) is 0 Å². The van der Waals surface area contributed by atoms with Crippen LogP contribution in [0.4, 0.5) is 14.5 Å². The Balaban J connectivity index is 2.17. The lowest BCUT2D eigenvalue weighted by Gasteiger charge is -2.13. The van der Waals surface area contributed by atoms with Gasteiger partial charge in [0, 0.05) is 12.2 Å². The molecule has 2 aromatic rings. The van der Waals surface area contributed by atoms with Gasteiger partial charge >= 0.3 is 5.97 Å². The Labute approximate surface area is 160 Å². The van der Waals surface area contributed by atoms with Crippen LogP contribution in [0.15, 0.2) is 47.4 Å². The number of benzene rings is 2. The van der Waals surface area contributed by atoms with Gasteiger partial charge in [0.25, 0.3) is 15.9 Å². The molecule has 0 bridgehead atoms. The molecule has 0 radical (unpaired) electrons. The maximum absolute atomic E-state index is 13.3. The van der Waals surface area contributed by atoms with Crippen LogP contribution in [0.1, 0.15) is 24.2 Å². The number of carbonyl (C=O) groups is 2. The van der Waals surface area contributed by atoms with Crippen LogP contribution in [-0.4, -0.2) is 32.9 Å². The van der Waals surface area contributed by atoms with Crippen LogP contribution in [0.25, 0.3) is 0 Å². The number of anilines is 1. The zero-order valence-electron chi connectivity index (χ0n) is 15.0. The summed E-state index contributed by atoms with van der Waals surface area (Å²) in [5.74, 6) is -3.77. The fraction of sp³-hybridized carbons (Fsp3) is 0.222. The van der Waals surface area contributed by atoms with Crippen LogP contribution >= 0.6 is 0 Å². The van der Waals surface area contributed by atoms with Crippen molar-refractivity contribution in [3.05, 3.63) is 59.7 Å². The fourth-order valence-corrected chi connectivity index (χ4v) is 3.23. The summed E-state index contributed by atoms with van der Waals surface area (Å²) in [6.45, 7) is 3.50. The van der Waals surface area contributed by atoms with Gasteiger partial charge in [-0.1, -0.05) is 6.07 Å². The molecule has 0 heterocycles. The van der Waals surface area contributed by atoms with E-state index in [1.54, 1.807) is 6.92 Å². The van der Waals surface area contributed by atoms with Crippen molar-refractivity contribution >= 4 is 27.6 Å². The van der Waals surface area contributed by atoms with Gasteiger partial charge in [0.15, 0.2) is 17.7 Å². The van der Waals surface area contributed by atoms with Crippen LogP contribution in [0.3, 0.4) is 0 Å². The van der Waals surface area contributed by atoms with Gasteiger partial charge in [0.05, 0.1) is 10.5 Å². The number of carbonyl (C=O) groups excluding carboxylic acids is 2. The molecule has 0 spiro atoms. The van der Waals surface area contributed by atoms with Gasteiger partial charge in [-0.3, -0.25) is 9.52 Å². The molecule has 0 aliphatic carbocycles. The Bertz CT molecular complexity index is 995. The molecule has 0 saturated heterocycles. The first-order valence-electron chi connectivity index (χ1n) is 8.20. The normalized spacial score (nSPS) is 12.1. The number of hydrogen-bond acceptors (Lipinski definition) is 5. The first-order valence-corrected chi connectivity index (χ1v) is 9.69. The second-order valence-electron chi connectivity index (χ2n) is 5.70. The summed E-state index contributed by atoms with van der Waals surface area (Å²) in [7, 11) is -4.21. The van der Waals surface area contributed by atoms with Crippen LogP contribution in [0.5, 0.6) is 0 Å². The number of hydrogen-bond donors (Lipinski definition) is 2. The zero-order chi connectivity index (χ0) is 20.9. The minimum atomic E-state index is -4.21. The number of ether oxygens (including phenoxy) is 1. The van der Waals surface area contributed by atoms with Crippen LogP contribution in [0, 0.1) is 11.6 Å². The Morgan fingerprint density at radius 1 is 1.11 bits per heavy atom. The van der Waals surface area contributed by atoms with Crippen molar-refractivity contribution in [3.63, 3.8) is 0 Å². The first kappa shape index (κ1) is 21.3. The Hall–Kier alpha value is -3.01. The highest BCUT2D eigenvalue weighted by molar-refractivity contribution is 7.92. The van der Waals surface area contributed by atoms with E-state index in [0.29, 0.717) is 18.7 Å². The lowest BCUT2D eigenvalue weighted by Crippen LogP contribution is -2.35. The highest BCUT2D eigenvalue weighted by atomic mass is 32.2. The average molecular weight is 412 g/mol. The number of nitrogens with one attached hydrogen (secondary N) is 2. The van der Waals surface area contributed by atoms with E-state index in [9.17, 15) is 26.8 Å². The van der Waals surface area contributed by atoms with E-state index >= 15 is 0 Å². The Morgan fingerprint density at radius 3 is 2.46 bits per heavy atom. The van der Waals surface area contributed by atoms with Crippen molar-refractivity contribution in [1.29, 1.82) is 0 Å². The summed E-state index contributed by atoms with van der Waals surface area (Å²) < 4.78 is 58.1. The lowest BCUT2D eigenvalue weighted by molar-refractivity contribution is -0.128.